The minimum atomic E-state index is -0.420. The average molecular weight is 286 g/mol. The fourth-order valence-corrected chi connectivity index (χ4v) is 3.30. The molecule has 1 amide bonds. The molecule has 114 valence electrons. The van der Waals surface area contributed by atoms with Crippen molar-refractivity contribution >= 4 is 5.91 Å². The molecule has 1 N–H and O–H groups in total. The molecule has 21 heavy (non-hydrogen) atoms. The van der Waals surface area contributed by atoms with Crippen molar-refractivity contribution in [3.8, 4) is 0 Å². The number of nitrogens with zero attached hydrogens (tertiary/aromatic N) is 1. The standard InChI is InChI=1S/C18H26N2O/c1-5-13-7-9-14(10-8-13)16-19-18(4,6-2)17(21)20(16)15-11-12(15)3/h7-10,12,15-16,19H,5-6,11H2,1-4H3. The summed E-state index contributed by atoms with van der Waals surface area (Å²) >= 11 is 0. The van der Waals surface area contributed by atoms with Crippen LogP contribution in [-0.4, -0.2) is 22.4 Å². The van der Waals surface area contributed by atoms with E-state index in [0.717, 1.165) is 19.3 Å². The molecule has 0 spiro atoms. The van der Waals surface area contributed by atoms with Crippen LogP contribution < -0.4 is 5.32 Å². The molecule has 3 rings (SSSR count). The molecule has 3 nitrogen and oxygen atoms in total. The number of nitrogens with one attached hydrogen (secondary N) is 1. The van der Waals surface area contributed by atoms with E-state index in [2.05, 4.69) is 55.3 Å². The first-order valence-electron chi connectivity index (χ1n) is 8.19. The molecular formula is C18H26N2O. The molecule has 2 aliphatic rings. The van der Waals surface area contributed by atoms with Gasteiger partial charge in [0.1, 0.15) is 6.17 Å². The number of benzene rings is 1. The van der Waals surface area contributed by atoms with Gasteiger partial charge in [-0.3, -0.25) is 10.1 Å². The molecule has 1 aliphatic carbocycles. The van der Waals surface area contributed by atoms with Crippen LogP contribution in [0.25, 0.3) is 0 Å². The highest BCUT2D eigenvalue weighted by Crippen LogP contribution is 2.44. The first-order chi connectivity index (χ1) is 10.00. The molecule has 1 saturated carbocycles. The van der Waals surface area contributed by atoms with Crippen LogP contribution in [0.1, 0.15) is 57.8 Å². The van der Waals surface area contributed by atoms with Crippen LogP contribution in [0.15, 0.2) is 24.3 Å². The highest BCUT2D eigenvalue weighted by Gasteiger charge is 2.54. The Labute approximate surface area is 127 Å². The smallest absolute Gasteiger partial charge is 0.244 e. The van der Waals surface area contributed by atoms with E-state index in [1.165, 1.54) is 11.1 Å². The van der Waals surface area contributed by atoms with Gasteiger partial charge in [0.25, 0.3) is 0 Å². The average Bonchev–Trinajstić information content (AvgIpc) is 3.15. The van der Waals surface area contributed by atoms with E-state index in [1.807, 2.05) is 6.92 Å². The van der Waals surface area contributed by atoms with Crippen molar-refractivity contribution in [2.75, 3.05) is 0 Å². The van der Waals surface area contributed by atoms with E-state index in [1.54, 1.807) is 0 Å². The van der Waals surface area contributed by atoms with E-state index < -0.39 is 5.54 Å². The zero-order chi connectivity index (χ0) is 15.2. The Hall–Kier alpha value is -1.35. The van der Waals surface area contributed by atoms with Gasteiger partial charge in [0.05, 0.1) is 5.54 Å². The summed E-state index contributed by atoms with van der Waals surface area (Å²) in [6.07, 6.45) is 3.04. The number of carbonyl (C=O) groups excluding carboxylic acids is 1. The van der Waals surface area contributed by atoms with Crippen molar-refractivity contribution in [3.63, 3.8) is 0 Å². The summed E-state index contributed by atoms with van der Waals surface area (Å²) in [6, 6.07) is 9.11. The molecule has 1 aromatic rings. The summed E-state index contributed by atoms with van der Waals surface area (Å²) in [6.45, 7) is 8.52. The number of hydrogen-bond donors (Lipinski definition) is 1. The number of aryl methyl sites for hydroxylation is 1. The highest BCUT2D eigenvalue weighted by atomic mass is 16.2. The van der Waals surface area contributed by atoms with Crippen LogP contribution in [0, 0.1) is 5.92 Å². The van der Waals surface area contributed by atoms with Gasteiger partial charge in [-0.05, 0) is 43.2 Å². The Bertz CT molecular complexity index is 539. The Morgan fingerprint density at radius 1 is 1.29 bits per heavy atom. The lowest BCUT2D eigenvalue weighted by molar-refractivity contribution is -0.133. The molecular weight excluding hydrogens is 260 g/mol. The fourth-order valence-electron chi connectivity index (χ4n) is 3.30. The molecule has 3 heteroatoms. The molecule has 2 fully saturated rings. The van der Waals surface area contributed by atoms with Gasteiger partial charge in [0, 0.05) is 6.04 Å². The molecule has 4 atom stereocenters. The molecule has 0 aromatic heterocycles. The summed E-state index contributed by atoms with van der Waals surface area (Å²) in [4.78, 5) is 15.0. The third kappa shape index (κ3) is 2.38. The summed E-state index contributed by atoms with van der Waals surface area (Å²) in [5.41, 5.74) is 2.13. The van der Waals surface area contributed by atoms with Gasteiger partial charge in [-0.2, -0.15) is 0 Å². The molecule has 0 radical (unpaired) electrons. The number of hydrogen-bond acceptors (Lipinski definition) is 2. The Morgan fingerprint density at radius 3 is 2.38 bits per heavy atom. The van der Waals surface area contributed by atoms with Crippen LogP contribution in [0.3, 0.4) is 0 Å². The zero-order valence-electron chi connectivity index (χ0n) is 13.5. The molecule has 0 bridgehead atoms. The lowest BCUT2D eigenvalue weighted by Crippen LogP contribution is -2.43. The summed E-state index contributed by atoms with van der Waals surface area (Å²) in [5, 5.41) is 3.59. The summed E-state index contributed by atoms with van der Waals surface area (Å²) < 4.78 is 0. The van der Waals surface area contributed by atoms with Crippen molar-refractivity contribution in [1.82, 2.24) is 10.2 Å². The van der Waals surface area contributed by atoms with Crippen molar-refractivity contribution in [2.24, 2.45) is 5.92 Å². The third-order valence-corrected chi connectivity index (χ3v) is 5.28. The van der Waals surface area contributed by atoms with Crippen molar-refractivity contribution < 1.29 is 4.79 Å². The zero-order valence-corrected chi connectivity index (χ0v) is 13.5. The van der Waals surface area contributed by atoms with Gasteiger partial charge >= 0.3 is 0 Å². The fraction of sp³-hybridized carbons (Fsp3) is 0.611. The van der Waals surface area contributed by atoms with Crippen LogP contribution in [0.5, 0.6) is 0 Å². The topological polar surface area (TPSA) is 32.3 Å². The van der Waals surface area contributed by atoms with Gasteiger partial charge < -0.3 is 4.90 Å². The monoisotopic (exact) mass is 286 g/mol. The molecule has 1 saturated heterocycles. The number of amides is 1. The van der Waals surface area contributed by atoms with Crippen LogP contribution in [0.4, 0.5) is 0 Å². The van der Waals surface area contributed by atoms with Crippen molar-refractivity contribution in [1.29, 1.82) is 0 Å². The molecule has 4 unspecified atom stereocenters. The van der Waals surface area contributed by atoms with Gasteiger partial charge in [-0.25, -0.2) is 0 Å². The van der Waals surface area contributed by atoms with Crippen LogP contribution >= 0.6 is 0 Å². The van der Waals surface area contributed by atoms with Gasteiger partial charge in [-0.15, -0.1) is 0 Å². The maximum atomic E-state index is 12.9. The van der Waals surface area contributed by atoms with Gasteiger partial charge in [0.2, 0.25) is 5.91 Å². The second-order valence-corrected chi connectivity index (χ2v) is 6.82. The van der Waals surface area contributed by atoms with Gasteiger partial charge in [-0.1, -0.05) is 45.0 Å². The van der Waals surface area contributed by atoms with Crippen molar-refractivity contribution in [3.05, 3.63) is 35.4 Å². The Balaban J connectivity index is 1.92. The highest BCUT2D eigenvalue weighted by molar-refractivity contribution is 5.89. The normalized spacial score (nSPS) is 35.3. The van der Waals surface area contributed by atoms with Crippen LogP contribution in [0.2, 0.25) is 0 Å². The largest absolute Gasteiger partial charge is 0.318 e. The minimum Gasteiger partial charge on any atom is -0.318 e. The van der Waals surface area contributed by atoms with Gasteiger partial charge in [0.15, 0.2) is 0 Å². The maximum Gasteiger partial charge on any atom is 0.244 e. The molecule has 1 aromatic carbocycles. The summed E-state index contributed by atoms with van der Waals surface area (Å²) in [7, 11) is 0. The minimum absolute atomic E-state index is 0.0308. The number of rotatable bonds is 4. The second-order valence-electron chi connectivity index (χ2n) is 6.82. The Kier molecular flexibility index (Phi) is 3.56. The van der Waals surface area contributed by atoms with E-state index in [4.69, 9.17) is 0 Å². The Morgan fingerprint density at radius 2 is 1.90 bits per heavy atom. The quantitative estimate of drug-likeness (QED) is 0.921. The first-order valence-corrected chi connectivity index (χ1v) is 8.19. The first kappa shape index (κ1) is 14.6. The maximum absolute atomic E-state index is 12.9. The van der Waals surface area contributed by atoms with Crippen LogP contribution in [-0.2, 0) is 11.2 Å². The van der Waals surface area contributed by atoms with E-state index in [-0.39, 0.29) is 12.1 Å². The van der Waals surface area contributed by atoms with E-state index in [9.17, 15) is 4.79 Å². The van der Waals surface area contributed by atoms with Crippen molar-refractivity contribution in [2.45, 2.75) is 64.7 Å². The predicted molar refractivity (Wildman–Crippen MR) is 84.8 cm³/mol. The lowest BCUT2D eigenvalue weighted by atomic mass is 9.99. The summed E-state index contributed by atoms with van der Waals surface area (Å²) in [5.74, 6) is 0.899. The SMILES string of the molecule is CCc1ccc(C2NC(C)(CC)C(=O)N2C2CC2C)cc1. The number of carbonyl (C=O) groups is 1. The predicted octanol–water partition coefficient (Wildman–Crippen LogP) is 3.26. The molecule has 1 heterocycles. The second kappa shape index (κ2) is 5.13. The van der Waals surface area contributed by atoms with E-state index in [0.29, 0.717) is 12.0 Å². The lowest BCUT2D eigenvalue weighted by Gasteiger charge is -2.25. The molecule has 1 aliphatic heterocycles. The van der Waals surface area contributed by atoms with E-state index >= 15 is 0 Å². The third-order valence-electron chi connectivity index (χ3n) is 5.28.